The topological polar surface area (TPSA) is 92.5 Å². The highest BCUT2D eigenvalue weighted by molar-refractivity contribution is 5.98. The average molecular weight is 369 g/mol. The number of nitrogens with zero attached hydrogens (tertiary/aromatic N) is 2. The van der Waals surface area contributed by atoms with Crippen molar-refractivity contribution >= 4 is 29.3 Å². The molecule has 1 atom stereocenters. The Balaban J connectivity index is 1.57. The quantitative estimate of drug-likeness (QED) is 0.498. The van der Waals surface area contributed by atoms with Gasteiger partial charge in [-0.25, -0.2) is 4.39 Å². The van der Waals surface area contributed by atoms with Gasteiger partial charge in [0.1, 0.15) is 5.82 Å². The van der Waals surface area contributed by atoms with E-state index in [0.717, 1.165) is 0 Å². The van der Waals surface area contributed by atoms with Gasteiger partial charge in [0.25, 0.3) is 5.69 Å². The lowest BCUT2D eigenvalue weighted by molar-refractivity contribution is -0.384. The molecule has 1 unspecified atom stereocenters. The van der Waals surface area contributed by atoms with Crippen LogP contribution < -0.4 is 10.2 Å². The van der Waals surface area contributed by atoms with Gasteiger partial charge in [0, 0.05) is 36.9 Å². The van der Waals surface area contributed by atoms with E-state index in [1.54, 1.807) is 0 Å². The Labute approximate surface area is 154 Å². The predicted octanol–water partition coefficient (Wildman–Crippen LogP) is 2.67. The van der Waals surface area contributed by atoms with Crippen LogP contribution in [0.3, 0.4) is 0 Å². The molecule has 0 bridgehead atoms. The van der Waals surface area contributed by atoms with Crippen LogP contribution in [-0.4, -0.2) is 29.3 Å². The SMILES string of the molecule is O=C(/C=C\c1ccc([N+](=O)[O-])cc1)NC1CC(=O)N(c2ccc(F)cc2)C1. The van der Waals surface area contributed by atoms with Crippen molar-refractivity contribution < 1.29 is 18.9 Å². The zero-order valence-corrected chi connectivity index (χ0v) is 14.2. The summed E-state index contributed by atoms with van der Waals surface area (Å²) in [6.45, 7) is 0.307. The number of non-ortho nitro benzene ring substituents is 1. The molecular weight excluding hydrogens is 353 g/mol. The predicted molar refractivity (Wildman–Crippen MR) is 97.4 cm³/mol. The van der Waals surface area contributed by atoms with Crippen molar-refractivity contribution in [3.05, 3.63) is 76.1 Å². The molecule has 1 aliphatic rings. The normalized spacial score (nSPS) is 16.7. The van der Waals surface area contributed by atoms with E-state index >= 15 is 0 Å². The Morgan fingerprint density at radius 2 is 1.85 bits per heavy atom. The van der Waals surface area contributed by atoms with E-state index in [-0.39, 0.29) is 35.8 Å². The number of nitro groups is 1. The fourth-order valence-electron chi connectivity index (χ4n) is 2.80. The molecule has 2 amide bonds. The van der Waals surface area contributed by atoms with Crippen LogP contribution in [0.5, 0.6) is 0 Å². The molecule has 138 valence electrons. The first-order valence-corrected chi connectivity index (χ1v) is 8.21. The molecule has 1 aliphatic heterocycles. The maximum atomic E-state index is 13.0. The van der Waals surface area contributed by atoms with Gasteiger partial charge in [0.2, 0.25) is 11.8 Å². The summed E-state index contributed by atoms with van der Waals surface area (Å²) in [5.74, 6) is -0.898. The molecular formula is C19H16FN3O4. The maximum Gasteiger partial charge on any atom is 0.269 e. The highest BCUT2D eigenvalue weighted by Gasteiger charge is 2.31. The van der Waals surface area contributed by atoms with Crippen molar-refractivity contribution in [3.8, 4) is 0 Å². The van der Waals surface area contributed by atoms with Crippen LogP contribution >= 0.6 is 0 Å². The molecule has 1 fully saturated rings. The number of nitrogens with one attached hydrogen (secondary N) is 1. The molecule has 0 aliphatic carbocycles. The monoisotopic (exact) mass is 369 g/mol. The van der Waals surface area contributed by atoms with Crippen molar-refractivity contribution in [2.24, 2.45) is 0 Å². The van der Waals surface area contributed by atoms with E-state index in [9.17, 15) is 24.1 Å². The van der Waals surface area contributed by atoms with Crippen molar-refractivity contribution in [2.45, 2.75) is 12.5 Å². The molecule has 1 N–H and O–H groups in total. The molecule has 7 nitrogen and oxygen atoms in total. The van der Waals surface area contributed by atoms with Crippen LogP contribution in [0.1, 0.15) is 12.0 Å². The Morgan fingerprint density at radius 1 is 1.19 bits per heavy atom. The third-order valence-electron chi connectivity index (χ3n) is 4.14. The summed E-state index contributed by atoms with van der Waals surface area (Å²) in [5.41, 5.74) is 1.20. The summed E-state index contributed by atoms with van der Waals surface area (Å²) in [5, 5.41) is 13.4. The largest absolute Gasteiger partial charge is 0.347 e. The molecule has 2 aromatic rings. The summed E-state index contributed by atoms with van der Waals surface area (Å²) in [6, 6.07) is 11.0. The van der Waals surface area contributed by atoms with Gasteiger partial charge in [-0.05, 0) is 48.0 Å². The summed E-state index contributed by atoms with van der Waals surface area (Å²) in [6.07, 6.45) is 3.01. The van der Waals surface area contributed by atoms with Crippen LogP contribution in [0, 0.1) is 15.9 Å². The van der Waals surface area contributed by atoms with E-state index in [1.165, 1.54) is 65.6 Å². The molecule has 3 rings (SSSR count). The Morgan fingerprint density at radius 3 is 2.48 bits per heavy atom. The number of hydrogen-bond donors (Lipinski definition) is 1. The molecule has 27 heavy (non-hydrogen) atoms. The number of halogens is 1. The lowest BCUT2D eigenvalue weighted by Crippen LogP contribution is -2.36. The number of carbonyl (C=O) groups is 2. The van der Waals surface area contributed by atoms with Gasteiger partial charge < -0.3 is 10.2 Å². The second kappa shape index (κ2) is 7.77. The summed E-state index contributed by atoms with van der Waals surface area (Å²) < 4.78 is 13.0. The molecule has 0 saturated carbocycles. The molecule has 8 heteroatoms. The molecule has 1 saturated heterocycles. The Hall–Kier alpha value is -3.55. The third kappa shape index (κ3) is 4.55. The Bertz CT molecular complexity index is 894. The summed E-state index contributed by atoms with van der Waals surface area (Å²) in [7, 11) is 0. The zero-order chi connectivity index (χ0) is 19.4. The van der Waals surface area contributed by atoms with Crippen LogP contribution in [0.2, 0.25) is 0 Å². The van der Waals surface area contributed by atoms with Crippen molar-refractivity contribution in [1.82, 2.24) is 5.32 Å². The van der Waals surface area contributed by atoms with E-state index in [4.69, 9.17) is 0 Å². The summed E-state index contributed by atoms with van der Waals surface area (Å²) >= 11 is 0. The lowest BCUT2D eigenvalue weighted by Gasteiger charge is -2.16. The molecule has 0 radical (unpaired) electrons. The van der Waals surface area contributed by atoms with E-state index < -0.39 is 4.92 Å². The minimum Gasteiger partial charge on any atom is -0.347 e. The first-order valence-electron chi connectivity index (χ1n) is 8.21. The van der Waals surface area contributed by atoms with Crippen LogP contribution in [0.15, 0.2) is 54.6 Å². The average Bonchev–Trinajstić information content (AvgIpc) is 3.01. The van der Waals surface area contributed by atoms with Gasteiger partial charge >= 0.3 is 0 Å². The van der Waals surface area contributed by atoms with Gasteiger partial charge in [-0.2, -0.15) is 0 Å². The smallest absolute Gasteiger partial charge is 0.269 e. The summed E-state index contributed by atoms with van der Waals surface area (Å²) in [4.78, 5) is 35.8. The number of carbonyl (C=O) groups excluding carboxylic acids is 2. The zero-order valence-electron chi connectivity index (χ0n) is 14.2. The highest BCUT2D eigenvalue weighted by Crippen LogP contribution is 2.22. The van der Waals surface area contributed by atoms with Crippen molar-refractivity contribution in [1.29, 1.82) is 0 Å². The molecule has 0 spiro atoms. The van der Waals surface area contributed by atoms with Crippen LogP contribution in [0.25, 0.3) is 6.08 Å². The number of benzene rings is 2. The first kappa shape index (κ1) is 18.2. The van der Waals surface area contributed by atoms with Gasteiger partial charge in [-0.3, -0.25) is 19.7 Å². The number of amides is 2. The van der Waals surface area contributed by atoms with Crippen molar-refractivity contribution in [3.63, 3.8) is 0 Å². The Kier molecular flexibility index (Phi) is 5.25. The number of hydrogen-bond acceptors (Lipinski definition) is 4. The molecule has 1 heterocycles. The molecule has 2 aromatic carbocycles. The first-order chi connectivity index (χ1) is 12.9. The highest BCUT2D eigenvalue weighted by atomic mass is 19.1. The van der Waals surface area contributed by atoms with E-state index in [0.29, 0.717) is 17.8 Å². The van der Waals surface area contributed by atoms with E-state index in [1.807, 2.05) is 0 Å². The van der Waals surface area contributed by atoms with Crippen LogP contribution in [-0.2, 0) is 9.59 Å². The van der Waals surface area contributed by atoms with Crippen LogP contribution in [0.4, 0.5) is 15.8 Å². The second-order valence-electron chi connectivity index (χ2n) is 6.07. The molecule has 0 aromatic heterocycles. The lowest BCUT2D eigenvalue weighted by atomic mass is 10.2. The fourth-order valence-corrected chi connectivity index (χ4v) is 2.80. The van der Waals surface area contributed by atoms with Gasteiger partial charge in [0.15, 0.2) is 0 Å². The number of rotatable bonds is 5. The third-order valence-corrected chi connectivity index (χ3v) is 4.14. The number of anilines is 1. The second-order valence-corrected chi connectivity index (χ2v) is 6.07. The minimum absolute atomic E-state index is 0.0260. The minimum atomic E-state index is -0.496. The van der Waals surface area contributed by atoms with E-state index in [2.05, 4.69) is 5.32 Å². The number of nitro benzene ring substituents is 1. The van der Waals surface area contributed by atoms with Crippen molar-refractivity contribution in [2.75, 3.05) is 11.4 Å². The van der Waals surface area contributed by atoms with Gasteiger partial charge in [-0.1, -0.05) is 0 Å². The van der Waals surface area contributed by atoms with Gasteiger partial charge in [0.05, 0.1) is 11.0 Å². The fraction of sp³-hybridized carbons (Fsp3) is 0.158. The maximum absolute atomic E-state index is 13.0. The standard InChI is InChI=1S/C19H16FN3O4/c20-14-4-8-16(9-5-14)22-12-15(11-19(22)25)21-18(24)10-3-13-1-6-17(7-2-13)23(26)27/h1-10,15H,11-12H2,(H,21,24)/b10-3-. The van der Waals surface area contributed by atoms with Gasteiger partial charge in [-0.15, -0.1) is 0 Å².